The third-order valence-corrected chi connectivity index (χ3v) is 5.15. The molecule has 0 aliphatic carbocycles. The fraction of sp³-hybridized carbons (Fsp3) is 0.280. The normalized spacial score (nSPS) is 10.4. The van der Waals surface area contributed by atoms with Crippen LogP contribution in [-0.2, 0) is 22.4 Å². The van der Waals surface area contributed by atoms with Crippen LogP contribution in [0.4, 0.5) is 4.79 Å². The summed E-state index contributed by atoms with van der Waals surface area (Å²) < 4.78 is 26.3. The van der Waals surface area contributed by atoms with Gasteiger partial charge in [0.05, 0.1) is 40.7 Å². The van der Waals surface area contributed by atoms with Crippen molar-refractivity contribution in [2.24, 2.45) is 0 Å². The number of methoxy groups -OCH3 is 3. The second kappa shape index (κ2) is 11.1. The van der Waals surface area contributed by atoms with Gasteiger partial charge in [0.1, 0.15) is 11.5 Å². The zero-order chi connectivity index (χ0) is 23.8. The highest BCUT2D eigenvalue weighted by Gasteiger charge is 2.24. The quantitative estimate of drug-likeness (QED) is 0.439. The Bertz CT molecular complexity index is 1090. The Balaban J connectivity index is 1.68. The number of hydrogen-bond donors (Lipinski definition) is 0. The largest absolute Gasteiger partial charge is 0.497 e. The van der Waals surface area contributed by atoms with Gasteiger partial charge in [0.25, 0.3) is 0 Å². The van der Waals surface area contributed by atoms with Crippen molar-refractivity contribution in [2.45, 2.75) is 13.0 Å². The van der Waals surface area contributed by atoms with Gasteiger partial charge in [0, 0.05) is 30.7 Å². The van der Waals surface area contributed by atoms with E-state index in [1.165, 1.54) is 18.3 Å². The van der Waals surface area contributed by atoms with E-state index < -0.39 is 12.1 Å². The Kier molecular flexibility index (Phi) is 7.96. The molecule has 1 heterocycles. The van der Waals surface area contributed by atoms with Gasteiger partial charge >= 0.3 is 12.1 Å². The lowest BCUT2D eigenvalue weighted by molar-refractivity contribution is 0.0560. The molecule has 0 unspecified atom stereocenters. The zero-order valence-corrected chi connectivity index (χ0v) is 19.1. The van der Waals surface area contributed by atoms with E-state index in [0.29, 0.717) is 29.0 Å². The molecule has 1 aromatic heterocycles. The van der Waals surface area contributed by atoms with Crippen LogP contribution in [0.25, 0.3) is 11.1 Å². The van der Waals surface area contributed by atoms with Gasteiger partial charge < -0.3 is 28.3 Å². The van der Waals surface area contributed by atoms with E-state index in [9.17, 15) is 9.59 Å². The number of esters is 1. The third-order valence-electron chi connectivity index (χ3n) is 5.15. The summed E-state index contributed by atoms with van der Waals surface area (Å²) in [7, 11) is 6.04. The van der Waals surface area contributed by atoms with Gasteiger partial charge in [-0.2, -0.15) is 0 Å². The second-order valence-corrected chi connectivity index (χ2v) is 7.21. The molecule has 3 aromatic rings. The summed E-state index contributed by atoms with van der Waals surface area (Å²) in [6.45, 7) is 0.266. The van der Waals surface area contributed by atoms with Crippen LogP contribution in [0.1, 0.15) is 21.7 Å². The molecule has 0 atom stereocenters. The lowest BCUT2D eigenvalue weighted by atomic mass is 10.0. The molecule has 174 valence electrons. The molecule has 2 aromatic carbocycles. The van der Waals surface area contributed by atoms with E-state index in [2.05, 4.69) is 0 Å². The molecule has 0 N–H and O–H groups in total. The topological polar surface area (TPSA) is 87.4 Å². The summed E-state index contributed by atoms with van der Waals surface area (Å²) in [4.78, 5) is 26.2. The standard InChI is InChI=1S/C25H27NO7/c1-26(25(28)32-13-12-18-10-11-19(29-2)14-22(18)30-3)15-20-21(17-8-6-5-7-9-17)16-33-23(20)24(27)31-4/h5-11,14,16H,12-13,15H2,1-4H3. The molecule has 3 rings (SSSR count). The molecule has 0 spiro atoms. The smallest absolute Gasteiger partial charge is 0.409 e. The molecule has 0 fully saturated rings. The summed E-state index contributed by atoms with van der Waals surface area (Å²) >= 11 is 0. The van der Waals surface area contributed by atoms with E-state index in [1.807, 2.05) is 42.5 Å². The number of carbonyl (C=O) groups is 2. The van der Waals surface area contributed by atoms with Gasteiger partial charge in [-0.1, -0.05) is 36.4 Å². The fourth-order valence-corrected chi connectivity index (χ4v) is 3.38. The van der Waals surface area contributed by atoms with Crippen LogP contribution in [0.2, 0.25) is 0 Å². The summed E-state index contributed by atoms with van der Waals surface area (Å²) in [5, 5.41) is 0. The van der Waals surface area contributed by atoms with Crippen LogP contribution in [0.3, 0.4) is 0 Å². The predicted octanol–water partition coefficient (Wildman–Crippen LogP) is 4.56. The van der Waals surface area contributed by atoms with Crippen LogP contribution >= 0.6 is 0 Å². The van der Waals surface area contributed by atoms with E-state index in [-0.39, 0.29) is 18.9 Å². The molecule has 0 saturated carbocycles. The first-order valence-electron chi connectivity index (χ1n) is 10.3. The Labute approximate surface area is 192 Å². The maximum atomic E-state index is 12.6. The molecular formula is C25H27NO7. The molecular weight excluding hydrogens is 426 g/mol. The maximum Gasteiger partial charge on any atom is 0.409 e. The Morgan fingerprint density at radius 1 is 1.00 bits per heavy atom. The minimum absolute atomic E-state index is 0.0546. The lowest BCUT2D eigenvalue weighted by Gasteiger charge is -2.18. The van der Waals surface area contributed by atoms with Crippen molar-refractivity contribution in [3.05, 3.63) is 71.7 Å². The van der Waals surface area contributed by atoms with Crippen LogP contribution in [0, 0.1) is 0 Å². The van der Waals surface area contributed by atoms with E-state index in [4.69, 9.17) is 23.4 Å². The van der Waals surface area contributed by atoms with Crippen molar-refractivity contribution >= 4 is 12.1 Å². The van der Waals surface area contributed by atoms with Crippen LogP contribution in [0.5, 0.6) is 11.5 Å². The number of ether oxygens (including phenoxy) is 4. The molecule has 0 radical (unpaired) electrons. The molecule has 33 heavy (non-hydrogen) atoms. The Morgan fingerprint density at radius 3 is 2.42 bits per heavy atom. The number of nitrogens with zero attached hydrogens (tertiary/aromatic N) is 1. The number of benzene rings is 2. The van der Waals surface area contributed by atoms with Gasteiger partial charge in [-0.15, -0.1) is 0 Å². The highest BCUT2D eigenvalue weighted by molar-refractivity contribution is 5.91. The Hall–Kier alpha value is -3.94. The molecule has 0 saturated heterocycles. The predicted molar refractivity (Wildman–Crippen MR) is 122 cm³/mol. The summed E-state index contributed by atoms with van der Waals surface area (Å²) in [6.07, 6.45) is 1.44. The SMILES string of the molecule is COC(=O)c1occ(-c2ccccc2)c1CN(C)C(=O)OCCc1ccc(OC)cc1OC. The van der Waals surface area contributed by atoms with Crippen LogP contribution in [0.15, 0.2) is 59.2 Å². The van der Waals surface area contributed by atoms with Gasteiger partial charge in [-0.25, -0.2) is 9.59 Å². The van der Waals surface area contributed by atoms with Crippen molar-refractivity contribution in [3.63, 3.8) is 0 Å². The molecule has 0 aliphatic heterocycles. The van der Waals surface area contributed by atoms with Gasteiger partial charge in [0.2, 0.25) is 5.76 Å². The molecule has 8 nitrogen and oxygen atoms in total. The summed E-state index contributed by atoms with van der Waals surface area (Å²) in [6, 6.07) is 14.9. The van der Waals surface area contributed by atoms with Crippen molar-refractivity contribution < 1.29 is 33.0 Å². The van der Waals surface area contributed by atoms with Crippen molar-refractivity contribution in [1.29, 1.82) is 0 Å². The maximum absolute atomic E-state index is 12.6. The zero-order valence-electron chi connectivity index (χ0n) is 19.1. The molecule has 0 bridgehead atoms. The summed E-state index contributed by atoms with van der Waals surface area (Å²) in [5.41, 5.74) is 3.01. The third kappa shape index (κ3) is 5.65. The average Bonchev–Trinajstić information content (AvgIpc) is 3.27. The van der Waals surface area contributed by atoms with Crippen molar-refractivity contribution in [1.82, 2.24) is 4.90 Å². The van der Waals surface area contributed by atoms with Crippen molar-refractivity contribution in [2.75, 3.05) is 35.0 Å². The number of amides is 1. The minimum Gasteiger partial charge on any atom is -0.497 e. The second-order valence-electron chi connectivity index (χ2n) is 7.21. The molecule has 0 aliphatic rings. The fourth-order valence-electron chi connectivity index (χ4n) is 3.38. The van der Waals surface area contributed by atoms with Gasteiger partial charge in [-0.05, 0) is 17.2 Å². The molecule has 8 heteroatoms. The first-order valence-corrected chi connectivity index (χ1v) is 10.3. The average molecular weight is 453 g/mol. The van der Waals surface area contributed by atoms with Crippen LogP contribution < -0.4 is 9.47 Å². The van der Waals surface area contributed by atoms with Gasteiger partial charge in [-0.3, -0.25) is 0 Å². The number of hydrogen-bond acceptors (Lipinski definition) is 7. The van der Waals surface area contributed by atoms with Crippen molar-refractivity contribution in [3.8, 4) is 22.6 Å². The lowest BCUT2D eigenvalue weighted by Crippen LogP contribution is -2.28. The molecule has 1 amide bonds. The van der Waals surface area contributed by atoms with Crippen LogP contribution in [-0.4, -0.2) is 51.9 Å². The van der Waals surface area contributed by atoms with Gasteiger partial charge in [0.15, 0.2) is 0 Å². The first kappa shape index (κ1) is 23.7. The monoisotopic (exact) mass is 453 g/mol. The minimum atomic E-state index is -0.611. The highest BCUT2D eigenvalue weighted by Crippen LogP contribution is 2.30. The van der Waals surface area contributed by atoms with E-state index in [0.717, 1.165) is 11.1 Å². The number of rotatable bonds is 9. The first-order chi connectivity index (χ1) is 16.0. The number of furan rings is 1. The number of carbonyl (C=O) groups excluding carboxylic acids is 2. The Morgan fingerprint density at radius 2 is 1.76 bits per heavy atom. The van der Waals surface area contributed by atoms with E-state index in [1.54, 1.807) is 27.3 Å². The van der Waals surface area contributed by atoms with E-state index >= 15 is 0 Å². The summed E-state index contributed by atoms with van der Waals surface area (Å²) in [5.74, 6) is 0.787. The highest BCUT2D eigenvalue weighted by atomic mass is 16.6.